The molecule has 5 nitrogen and oxygen atoms in total. The van der Waals surface area contributed by atoms with E-state index in [9.17, 15) is 9.90 Å². The van der Waals surface area contributed by atoms with Crippen molar-refractivity contribution in [1.29, 1.82) is 0 Å². The van der Waals surface area contributed by atoms with E-state index in [1.807, 2.05) is 6.07 Å². The number of hydrogen-bond acceptors (Lipinski definition) is 4. The summed E-state index contributed by atoms with van der Waals surface area (Å²) >= 11 is 9.74. The smallest absolute Gasteiger partial charge is 0.229 e. The van der Waals surface area contributed by atoms with E-state index in [2.05, 4.69) is 30.7 Å². The molecule has 4 rings (SSSR count). The summed E-state index contributed by atoms with van der Waals surface area (Å²) in [4.78, 5) is 22.0. The summed E-state index contributed by atoms with van der Waals surface area (Å²) in [5.41, 5.74) is -0.200. The summed E-state index contributed by atoms with van der Waals surface area (Å²) in [6.45, 7) is 2.51. The van der Waals surface area contributed by atoms with Crippen LogP contribution in [-0.4, -0.2) is 52.7 Å². The van der Waals surface area contributed by atoms with Gasteiger partial charge >= 0.3 is 0 Å². The average Bonchev–Trinajstić information content (AvgIpc) is 2.94. The highest BCUT2D eigenvalue weighted by molar-refractivity contribution is 9.10. The zero-order valence-corrected chi connectivity index (χ0v) is 17.2. The molecule has 1 spiro atoms. The minimum atomic E-state index is -0.200. The third-order valence-corrected chi connectivity index (χ3v) is 7.17. The average molecular weight is 443 g/mol. The number of aromatic nitrogens is 1. The number of amides is 1. The maximum atomic E-state index is 13.2. The molecule has 1 aromatic rings. The van der Waals surface area contributed by atoms with Crippen LogP contribution in [0.25, 0.3) is 0 Å². The van der Waals surface area contributed by atoms with Crippen molar-refractivity contribution in [2.45, 2.75) is 57.1 Å². The lowest BCUT2D eigenvalue weighted by atomic mass is 9.77. The van der Waals surface area contributed by atoms with Crippen molar-refractivity contribution in [3.8, 4) is 0 Å². The Morgan fingerprint density at radius 3 is 2.46 bits per heavy atom. The molecule has 0 atom stereocenters. The van der Waals surface area contributed by atoms with Gasteiger partial charge in [-0.25, -0.2) is 4.98 Å². The quantitative estimate of drug-likeness (QED) is 0.760. The topological polar surface area (TPSA) is 56.7 Å². The highest BCUT2D eigenvalue weighted by Crippen LogP contribution is 2.44. The van der Waals surface area contributed by atoms with Gasteiger partial charge in [0.05, 0.1) is 16.5 Å². The molecule has 1 aliphatic carbocycles. The van der Waals surface area contributed by atoms with Crippen LogP contribution in [0.2, 0.25) is 5.02 Å². The Hall–Kier alpha value is -0.850. The molecule has 3 heterocycles. The highest BCUT2D eigenvalue weighted by atomic mass is 79.9. The van der Waals surface area contributed by atoms with Gasteiger partial charge < -0.3 is 14.9 Å². The molecule has 0 radical (unpaired) electrons. The van der Waals surface area contributed by atoms with Crippen LogP contribution in [0.15, 0.2) is 16.7 Å². The lowest BCUT2D eigenvalue weighted by Crippen LogP contribution is -2.47. The molecule has 1 saturated carbocycles. The van der Waals surface area contributed by atoms with Crippen molar-refractivity contribution in [2.75, 3.05) is 24.5 Å². The molecule has 7 heteroatoms. The molecule has 0 aromatic carbocycles. The Morgan fingerprint density at radius 1 is 1.15 bits per heavy atom. The zero-order chi connectivity index (χ0) is 18.3. The van der Waals surface area contributed by atoms with E-state index in [0.29, 0.717) is 17.0 Å². The van der Waals surface area contributed by atoms with Crippen LogP contribution < -0.4 is 4.90 Å². The van der Waals surface area contributed by atoms with Crippen LogP contribution >= 0.6 is 27.5 Å². The normalized spacial score (nSPS) is 28.8. The monoisotopic (exact) mass is 441 g/mol. The number of pyridine rings is 1. The summed E-state index contributed by atoms with van der Waals surface area (Å²) < 4.78 is 0.874. The van der Waals surface area contributed by atoms with Crippen LogP contribution in [0.1, 0.15) is 44.9 Å². The zero-order valence-electron chi connectivity index (χ0n) is 14.8. The highest BCUT2D eigenvalue weighted by Gasteiger charge is 2.50. The molecule has 3 fully saturated rings. The number of anilines is 1. The van der Waals surface area contributed by atoms with E-state index >= 15 is 0 Å². The van der Waals surface area contributed by atoms with Gasteiger partial charge in [-0.15, -0.1) is 0 Å². The number of nitrogens with zero attached hydrogens (tertiary/aromatic N) is 3. The summed E-state index contributed by atoms with van der Waals surface area (Å²) in [5.74, 6) is 1.15. The maximum absolute atomic E-state index is 13.2. The van der Waals surface area contributed by atoms with Crippen molar-refractivity contribution in [3.63, 3.8) is 0 Å². The molecule has 2 saturated heterocycles. The Bertz CT molecular complexity index is 685. The van der Waals surface area contributed by atoms with E-state index in [-0.39, 0.29) is 11.5 Å². The van der Waals surface area contributed by atoms with Crippen LogP contribution in [0.4, 0.5) is 5.82 Å². The molecule has 1 N–H and O–H groups in total. The number of halogens is 2. The van der Waals surface area contributed by atoms with E-state index in [1.54, 1.807) is 6.20 Å². The lowest BCUT2D eigenvalue weighted by molar-refractivity contribution is -0.139. The van der Waals surface area contributed by atoms with E-state index in [1.165, 1.54) is 0 Å². The first kappa shape index (κ1) is 18.5. The molecule has 2 aliphatic heterocycles. The first-order valence-electron chi connectivity index (χ1n) is 9.54. The summed E-state index contributed by atoms with van der Waals surface area (Å²) in [6.07, 6.45) is 7.81. The van der Waals surface area contributed by atoms with Gasteiger partial charge in [0.15, 0.2) is 0 Å². The number of aliphatic hydroxyl groups is 1. The van der Waals surface area contributed by atoms with E-state index in [0.717, 1.165) is 74.9 Å². The summed E-state index contributed by atoms with van der Waals surface area (Å²) in [7, 11) is 0. The van der Waals surface area contributed by atoms with Crippen molar-refractivity contribution >= 4 is 39.3 Å². The number of aliphatic hydroxyl groups excluding tert-OH is 1. The van der Waals surface area contributed by atoms with E-state index in [4.69, 9.17) is 11.6 Å². The van der Waals surface area contributed by atoms with Crippen molar-refractivity contribution < 1.29 is 9.90 Å². The molecular weight excluding hydrogens is 418 g/mol. The summed E-state index contributed by atoms with van der Waals surface area (Å²) in [6, 6.07) is 2.19. The number of hydrogen-bond donors (Lipinski definition) is 1. The number of carbonyl (C=O) groups excluding carboxylic acids is 1. The van der Waals surface area contributed by atoms with Gasteiger partial charge in [0.25, 0.3) is 0 Å². The largest absolute Gasteiger partial charge is 0.393 e. The number of rotatable bonds is 2. The lowest BCUT2D eigenvalue weighted by Gasteiger charge is -2.40. The first-order chi connectivity index (χ1) is 12.5. The van der Waals surface area contributed by atoms with Gasteiger partial charge in [-0.05, 0) is 66.9 Å². The van der Waals surface area contributed by atoms with Gasteiger partial charge in [0.1, 0.15) is 5.82 Å². The second kappa shape index (κ2) is 7.28. The van der Waals surface area contributed by atoms with Gasteiger partial charge in [-0.3, -0.25) is 4.79 Å². The van der Waals surface area contributed by atoms with Crippen LogP contribution in [0.3, 0.4) is 0 Å². The first-order valence-corrected chi connectivity index (χ1v) is 10.7. The fourth-order valence-corrected chi connectivity index (χ4v) is 5.57. The van der Waals surface area contributed by atoms with E-state index < -0.39 is 0 Å². The Balaban J connectivity index is 1.41. The number of likely N-dealkylation sites (tertiary alicyclic amines) is 1. The molecule has 0 unspecified atom stereocenters. The van der Waals surface area contributed by atoms with Crippen LogP contribution in [-0.2, 0) is 4.79 Å². The SMILES string of the molecule is O=C1N([C@H]2CC[C@@H](O)CC2)CCC12CCN(c1ncc(Br)cc1Cl)CC2. The van der Waals surface area contributed by atoms with Crippen LogP contribution in [0.5, 0.6) is 0 Å². The Labute approximate surface area is 167 Å². The minimum absolute atomic E-state index is 0.177. The molecule has 1 aromatic heterocycles. The third kappa shape index (κ3) is 3.36. The standard InChI is InChI=1S/C19H25BrClN3O2/c20-13-11-16(21)17(22-12-13)23-8-5-19(6-9-23)7-10-24(18(19)26)14-1-3-15(25)4-2-14/h11-12,14-15,25H,1-10H2/t14-,15+. The van der Waals surface area contributed by atoms with Crippen molar-refractivity contribution in [3.05, 3.63) is 21.8 Å². The fourth-order valence-electron chi connectivity index (χ4n) is 4.82. The predicted molar refractivity (Wildman–Crippen MR) is 105 cm³/mol. The molecular formula is C19H25BrClN3O2. The van der Waals surface area contributed by atoms with Crippen LogP contribution in [0, 0.1) is 5.41 Å². The molecule has 0 bridgehead atoms. The molecule has 142 valence electrons. The van der Waals surface area contributed by atoms with Gasteiger partial charge in [0, 0.05) is 36.3 Å². The molecule has 1 amide bonds. The van der Waals surface area contributed by atoms with Gasteiger partial charge in [0.2, 0.25) is 5.91 Å². The second-order valence-corrected chi connectivity index (χ2v) is 9.26. The van der Waals surface area contributed by atoms with Gasteiger partial charge in [-0.2, -0.15) is 0 Å². The van der Waals surface area contributed by atoms with Crippen molar-refractivity contribution in [2.24, 2.45) is 5.41 Å². The van der Waals surface area contributed by atoms with Gasteiger partial charge in [-0.1, -0.05) is 11.6 Å². The second-order valence-electron chi connectivity index (χ2n) is 7.94. The summed E-state index contributed by atoms with van der Waals surface area (Å²) in [5, 5.41) is 10.4. The molecule has 26 heavy (non-hydrogen) atoms. The third-order valence-electron chi connectivity index (χ3n) is 6.46. The minimum Gasteiger partial charge on any atom is -0.393 e. The Morgan fingerprint density at radius 2 is 1.81 bits per heavy atom. The predicted octanol–water partition coefficient (Wildman–Crippen LogP) is 3.62. The maximum Gasteiger partial charge on any atom is 0.229 e. The Kier molecular flexibility index (Phi) is 5.19. The fraction of sp³-hybridized carbons (Fsp3) is 0.684. The van der Waals surface area contributed by atoms with Crippen molar-refractivity contribution in [1.82, 2.24) is 9.88 Å². The number of piperidine rings is 1. The number of carbonyl (C=O) groups is 1. The molecule has 3 aliphatic rings.